The van der Waals surface area contributed by atoms with Crippen LogP contribution in [0.2, 0.25) is 0 Å². The van der Waals surface area contributed by atoms with Crippen molar-refractivity contribution in [1.82, 2.24) is 0 Å². The molecule has 0 aliphatic rings. The van der Waals surface area contributed by atoms with Gasteiger partial charge in [0.15, 0.2) is 5.78 Å². The molecule has 0 aromatic rings. The Kier molecular flexibility index (Phi) is 3.81. The number of rotatable bonds is 4. The van der Waals surface area contributed by atoms with Crippen molar-refractivity contribution < 1.29 is 4.79 Å². The molecule has 0 rings (SSSR count). The van der Waals surface area contributed by atoms with Gasteiger partial charge >= 0.3 is 0 Å². The van der Waals surface area contributed by atoms with Crippen LogP contribution in [0.4, 0.5) is 0 Å². The second-order valence-electron chi connectivity index (χ2n) is 2.09. The highest BCUT2D eigenvalue weighted by molar-refractivity contribution is 5.85. The van der Waals surface area contributed by atoms with Crippen LogP contribution >= 0.6 is 0 Å². The fourth-order valence-corrected chi connectivity index (χ4v) is 0.686. The Labute approximate surface area is 68.8 Å². The van der Waals surface area contributed by atoms with Gasteiger partial charge in [-0.05, 0) is 6.92 Å². The van der Waals surface area contributed by atoms with E-state index in [9.17, 15) is 15.2 Å². The summed E-state index contributed by atoms with van der Waals surface area (Å²) in [5, 5.41) is 30.0. The molecule has 0 saturated heterocycles. The molecule has 0 fully saturated rings. The molecule has 0 aliphatic heterocycles. The minimum atomic E-state index is -1.70. The summed E-state index contributed by atoms with van der Waals surface area (Å²) >= 11 is 0. The molecule has 68 valence electrons. The van der Waals surface area contributed by atoms with Crippen molar-refractivity contribution in [3.8, 4) is 0 Å². The number of hydrogen-bond donors (Lipinski definition) is 0. The first-order chi connectivity index (χ1) is 5.63. The summed E-state index contributed by atoms with van der Waals surface area (Å²) in [5.41, 5.74) is -1.70. The van der Waals surface area contributed by atoms with Crippen LogP contribution in [0.1, 0.15) is 20.3 Å². The van der Waals surface area contributed by atoms with Crippen LogP contribution in [0, 0.1) is 10.4 Å². The Morgan fingerprint density at radius 2 is 1.75 bits per heavy atom. The van der Waals surface area contributed by atoms with Gasteiger partial charge in [-0.25, -0.2) is 10.6 Å². The van der Waals surface area contributed by atoms with Gasteiger partial charge in [0.25, 0.3) is 0 Å². The highest BCUT2D eigenvalue weighted by atomic mass is 16.5. The van der Waals surface area contributed by atoms with Crippen LogP contribution in [0.5, 0.6) is 0 Å². The van der Waals surface area contributed by atoms with E-state index in [0.29, 0.717) is 0 Å². The lowest BCUT2D eigenvalue weighted by Crippen LogP contribution is -2.30. The molecule has 7 nitrogen and oxygen atoms in total. The lowest BCUT2D eigenvalue weighted by molar-refractivity contribution is -0.122. The van der Waals surface area contributed by atoms with Gasteiger partial charge in [0, 0.05) is 6.42 Å². The van der Waals surface area contributed by atoms with Crippen molar-refractivity contribution in [2.75, 3.05) is 0 Å². The van der Waals surface area contributed by atoms with Crippen LogP contribution in [-0.2, 0) is 4.79 Å². The van der Waals surface area contributed by atoms with Crippen molar-refractivity contribution in [2.24, 2.45) is 20.8 Å². The topological polar surface area (TPSA) is 113 Å². The third-order valence-electron chi connectivity index (χ3n) is 1.47. The summed E-state index contributed by atoms with van der Waals surface area (Å²) in [5.74, 6) is -0.538. The molecule has 0 amide bonds. The number of carbonyl (C=O) groups is 1. The zero-order chi connectivity index (χ0) is 9.61. The first-order valence-corrected chi connectivity index (χ1v) is 3.23. The molecule has 0 aromatic carbocycles. The Hall–Kier alpha value is -1.53. The van der Waals surface area contributed by atoms with E-state index in [-0.39, 0.29) is 6.42 Å². The van der Waals surface area contributed by atoms with E-state index >= 15 is 0 Å². The maximum absolute atomic E-state index is 10.9. The molecule has 0 spiro atoms. The number of Topliss-reactive ketones (excluding diaryl/α,β-unsaturated/α-hetero) is 1. The summed E-state index contributed by atoms with van der Waals surface area (Å²) in [4.78, 5) is 10.9. The standard InChI is InChI=1S/C5H10N4O3/c1-3-5(4(2)10,6-8-11)7-9-12/h3H2,1-2H3,(H,6,11)(H,7,12)/p-2. The quantitative estimate of drug-likeness (QED) is 0.473. The molecular weight excluding hydrogens is 164 g/mol. The monoisotopic (exact) mass is 172 g/mol. The molecule has 0 aliphatic carbocycles. The lowest BCUT2D eigenvalue weighted by atomic mass is 10.1. The van der Waals surface area contributed by atoms with Gasteiger partial charge < -0.3 is 10.4 Å². The average molecular weight is 172 g/mol. The van der Waals surface area contributed by atoms with Crippen molar-refractivity contribution in [2.45, 2.75) is 25.9 Å². The Morgan fingerprint density at radius 1 is 1.33 bits per heavy atom. The Morgan fingerprint density at radius 3 is 1.92 bits per heavy atom. The predicted octanol–water partition coefficient (Wildman–Crippen LogP) is 1.58. The van der Waals surface area contributed by atoms with Crippen molar-refractivity contribution in [3.05, 3.63) is 10.4 Å². The maximum atomic E-state index is 10.9. The minimum Gasteiger partial charge on any atom is -0.775 e. The largest absolute Gasteiger partial charge is 0.775 e. The summed E-state index contributed by atoms with van der Waals surface area (Å²) < 4.78 is 0. The van der Waals surface area contributed by atoms with Crippen molar-refractivity contribution in [3.63, 3.8) is 0 Å². The van der Waals surface area contributed by atoms with Crippen LogP contribution in [0.3, 0.4) is 0 Å². The highest BCUT2D eigenvalue weighted by Crippen LogP contribution is 2.20. The molecule has 0 radical (unpaired) electrons. The van der Waals surface area contributed by atoms with Crippen molar-refractivity contribution in [1.29, 1.82) is 0 Å². The first kappa shape index (κ1) is 10.5. The van der Waals surface area contributed by atoms with E-state index in [1.165, 1.54) is 0 Å². The Balaban J connectivity index is 4.88. The fraction of sp³-hybridized carbons (Fsp3) is 0.800. The summed E-state index contributed by atoms with van der Waals surface area (Å²) in [6.07, 6.45) is 0.0831. The molecule has 0 unspecified atom stereocenters. The van der Waals surface area contributed by atoms with Gasteiger partial charge in [-0.3, -0.25) is 4.79 Å². The molecular formula is C5H8N4O3-2. The van der Waals surface area contributed by atoms with Crippen LogP contribution < -0.4 is 0 Å². The average Bonchev–Trinajstić information content (AvgIpc) is 2.03. The van der Waals surface area contributed by atoms with Gasteiger partial charge in [0.05, 0.1) is 0 Å². The second-order valence-corrected chi connectivity index (χ2v) is 2.09. The summed E-state index contributed by atoms with van der Waals surface area (Å²) in [6.45, 7) is 2.71. The molecule has 0 N–H and O–H groups in total. The summed E-state index contributed by atoms with van der Waals surface area (Å²) in [6, 6.07) is 0. The van der Waals surface area contributed by atoms with E-state index in [0.717, 1.165) is 6.92 Å². The van der Waals surface area contributed by atoms with E-state index in [2.05, 4.69) is 20.8 Å². The smallest absolute Gasteiger partial charge is 0.246 e. The minimum absolute atomic E-state index is 0.0831. The third kappa shape index (κ3) is 1.97. The number of hydrogen-bond acceptors (Lipinski definition) is 7. The van der Waals surface area contributed by atoms with E-state index in [1.54, 1.807) is 6.92 Å². The van der Waals surface area contributed by atoms with Gasteiger partial charge in [-0.1, -0.05) is 6.92 Å². The third-order valence-corrected chi connectivity index (χ3v) is 1.47. The number of ketones is 1. The molecule has 0 heterocycles. The van der Waals surface area contributed by atoms with Crippen LogP contribution in [-0.4, -0.2) is 11.4 Å². The molecule has 0 saturated carbocycles. The Bertz CT molecular complexity index is 201. The van der Waals surface area contributed by atoms with E-state index < -0.39 is 11.4 Å². The molecule has 0 aromatic heterocycles. The number of carbonyl (C=O) groups excluding carboxylic acids is 1. The van der Waals surface area contributed by atoms with E-state index in [4.69, 9.17) is 0 Å². The normalized spacial score (nSPS) is 12.8. The van der Waals surface area contributed by atoms with Gasteiger partial charge in [0.2, 0.25) is 5.66 Å². The fourth-order valence-electron chi connectivity index (χ4n) is 0.686. The van der Waals surface area contributed by atoms with Crippen LogP contribution in [0.25, 0.3) is 0 Å². The van der Waals surface area contributed by atoms with Gasteiger partial charge in [0.1, 0.15) is 0 Å². The molecule has 0 atom stereocenters. The summed E-state index contributed by atoms with van der Waals surface area (Å²) in [7, 11) is 0. The highest BCUT2D eigenvalue weighted by Gasteiger charge is 2.32. The van der Waals surface area contributed by atoms with Gasteiger partial charge in [-0.15, -0.1) is 0 Å². The second kappa shape index (κ2) is 4.37. The molecule has 7 heteroatoms. The predicted molar refractivity (Wildman–Crippen MR) is 40.1 cm³/mol. The zero-order valence-electron chi connectivity index (χ0n) is 6.72. The maximum Gasteiger partial charge on any atom is 0.246 e. The van der Waals surface area contributed by atoms with Crippen LogP contribution in [0.15, 0.2) is 20.8 Å². The van der Waals surface area contributed by atoms with E-state index in [1.807, 2.05) is 0 Å². The number of nitrogens with zero attached hydrogens (tertiary/aromatic N) is 4. The zero-order valence-corrected chi connectivity index (χ0v) is 6.72. The molecule has 0 bridgehead atoms. The molecule has 12 heavy (non-hydrogen) atoms. The van der Waals surface area contributed by atoms with Crippen molar-refractivity contribution >= 4 is 5.78 Å². The van der Waals surface area contributed by atoms with Gasteiger partial charge in [-0.2, -0.15) is 10.2 Å². The first-order valence-electron chi connectivity index (χ1n) is 3.23. The SMILES string of the molecule is CCC(/N=N/[O-])(/N=N/[O-])C(C)=O. The lowest BCUT2D eigenvalue weighted by Gasteiger charge is -2.18.